The Balaban J connectivity index is 1.82. The van der Waals surface area contributed by atoms with E-state index >= 15 is 0 Å². The second kappa shape index (κ2) is 7.47. The van der Waals surface area contributed by atoms with Gasteiger partial charge >= 0.3 is 6.18 Å². The topological polar surface area (TPSA) is 98.7 Å². The maximum absolute atomic E-state index is 13.0. The van der Waals surface area contributed by atoms with Gasteiger partial charge < -0.3 is 11.1 Å². The summed E-state index contributed by atoms with van der Waals surface area (Å²) in [7, 11) is 0. The van der Waals surface area contributed by atoms with Crippen LogP contribution in [0.25, 0.3) is 5.82 Å². The largest absolute Gasteiger partial charge is 0.416 e. The normalized spacial score (nSPS) is 11.5. The van der Waals surface area contributed by atoms with Gasteiger partial charge in [-0.2, -0.15) is 18.3 Å². The molecule has 0 saturated carbocycles. The average Bonchev–Trinajstić information content (AvgIpc) is 3.07. The first-order chi connectivity index (χ1) is 13.2. The molecular weight excluding hydrogens is 397 g/mol. The summed E-state index contributed by atoms with van der Waals surface area (Å²) in [5, 5.41) is 6.27. The molecule has 3 aromatic rings. The standard InChI is InChI=1S/C17H14ClF3N6O/c1-9-6-24-27(8-9)15-13(18)25-12(14(22)26-15)16(28)23-7-10-4-2-3-5-11(10)17(19,20)21/h2-6,8H,7H2,1H3,(H2,22,26)(H,23,28). The number of benzene rings is 1. The molecule has 0 atom stereocenters. The number of aryl methyl sites for hydroxylation is 1. The van der Waals surface area contributed by atoms with E-state index in [1.165, 1.54) is 22.9 Å². The zero-order chi connectivity index (χ0) is 20.5. The lowest BCUT2D eigenvalue weighted by molar-refractivity contribution is -0.138. The van der Waals surface area contributed by atoms with Crippen LogP contribution in [-0.2, 0) is 12.7 Å². The third-order valence-corrected chi connectivity index (χ3v) is 4.02. The fraction of sp³-hybridized carbons (Fsp3) is 0.176. The summed E-state index contributed by atoms with van der Waals surface area (Å²) in [4.78, 5) is 20.3. The van der Waals surface area contributed by atoms with Crippen LogP contribution in [-0.4, -0.2) is 25.7 Å². The number of nitrogen functional groups attached to an aromatic ring is 1. The minimum atomic E-state index is -4.53. The van der Waals surface area contributed by atoms with Gasteiger partial charge in [-0.1, -0.05) is 29.8 Å². The Morgan fingerprint density at radius 3 is 2.64 bits per heavy atom. The SMILES string of the molecule is Cc1cnn(-c2nc(N)c(C(=O)NCc3ccccc3C(F)(F)F)nc2Cl)c1. The van der Waals surface area contributed by atoms with Gasteiger partial charge in [0.15, 0.2) is 22.5 Å². The Kier molecular flexibility index (Phi) is 5.23. The molecule has 3 N–H and O–H groups in total. The maximum Gasteiger partial charge on any atom is 0.416 e. The molecule has 0 aliphatic heterocycles. The second-order valence-corrected chi connectivity index (χ2v) is 6.23. The Morgan fingerprint density at radius 2 is 2.00 bits per heavy atom. The van der Waals surface area contributed by atoms with Crippen molar-refractivity contribution in [1.82, 2.24) is 25.1 Å². The molecule has 2 heterocycles. The summed E-state index contributed by atoms with van der Waals surface area (Å²) < 4.78 is 40.5. The van der Waals surface area contributed by atoms with Gasteiger partial charge in [-0.05, 0) is 24.1 Å². The fourth-order valence-electron chi connectivity index (χ4n) is 2.47. The van der Waals surface area contributed by atoms with Gasteiger partial charge in [0, 0.05) is 12.7 Å². The molecule has 0 saturated heterocycles. The molecule has 3 rings (SSSR count). The van der Waals surface area contributed by atoms with Crippen molar-refractivity contribution >= 4 is 23.3 Å². The first kappa shape index (κ1) is 19.6. The minimum Gasteiger partial charge on any atom is -0.382 e. The van der Waals surface area contributed by atoms with Crippen LogP contribution in [0, 0.1) is 6.92 Å². The molecule has 0 bridgehead atoms. The van der Waals surface area contributed by atoms with Gasteiger partial charge in [0.05, 0.1) is 11.8 Å². The highest BCUT2D eigenvalue weighted by Crippen LogP contribution is 2.31. The third kappa shape index (κ3) is 4.06. The summed E-state index contributed by atoms with van der Waals surface area (Å²) in [6, 6.07) is 4.93. The monoisotopic (exact) mass is 410 g/mol. The number of hydrogen-bond acceptors (Lipinski definition) is 5. The molecule has 0 radical (unpaired) electrons. The predicted molar refractivity (Wildman–Crippen MR) is 95.9 cm³/mol. The molecule has 0 unspecified atom stereocenters. The van der Waals surface area contributed by atoms with Crippen LogP contribution in [0.2, 0.25) is 5.15 Å². The molecule has 1 amide bonds. The zero-order valence-corrected chi connectivity index (χ0v) is 15.2. The van der Waals surface area contributed by atoms with Crippen LogP contribution in [0.15, 0.2) is 36.7 Å². The molecule has 0 aliphatic rings. The summed E-state index contributed by atoms with van der Waals surface area (Å²) in [6.45, 7) is 1.45. The number of hydrogen-bond donors (Lipinski definition) is 2. The summed E-state index contributed by atoms with van der Waals surface area (Å²) in [5.74, 6) is -0.896. The fourth-order valence-corrected chi connectivity index (χ4v) is 2.68. The first-order valence-electron chi connectivity index (χ1n) is 7.94. The maximum atomic E-state index is 13.0. The van der Waals surface area contributed by atoms with Crippen molar-refractivity contribution in [2.24, 2.45) is 0 Å². The number of aromatic nitrogens is 4. The van der Waals surface area contributed by atoms with Crippen LogP contribution in [0.4, 0.5) is 19.0 Å². The van der Waals surface area contributed by atoms with Crippen LogP contribution < -0.4 is 11.1 Å². The molecule has 0 fully saturated rings. The molecule has 146 valence electrons. The number of nitrogens with two attached hydrogens (primary N) is 1. The first-order valence-corrected chi connectivity index (χ1v) is 8.32. The Morgan fingerprint density at radius 1 is 1.29 bits per heavy atom. The predicted octanol–water partition coefficient (Wildman–Crippen LogP) is 3.16. The van der Waals surface area contributed by atoms with Crippen LogP contribution >= 0.6 is 11.6 Å². The van der Waals surface area contributed by atoms with Crippen LogP contribution in [0.1, 0.15) is 27.2 Å². The van der Waals surface area contributed by atoms with E-state index in [9.17, 15) is 18.0 Å². The van der Waals surface area contributed by atoms with Gasteiger partial charge in [0.1, 0.15) is 0 Å². The van der Waals surface area contributed by atoms with Crippen molar-refractivity contribution in [3.8, 4) is 5.82 Å². The van der Waals surface area contributed by atoms with E-state index in [-0.39, 0.29) is 34.6 Å². The van der Waals surface area contributed by atoms with E-state index in [4.69, 9.17) is 17.3 Å². The zero-order valence-electron chi connectivity index (χ0n) is 14.5. The number of nitrogens with zero attached hydrogens (tertiary/aromatic N) is 4. The lowest BCUT2D eigenvalue weighted by Crippen LogP contribution is -2.27. The smallest absolute Gasteiger partial charge is 0.382 e. The van der Waals surface area contributed by atoms with Crippen LogP contribution in [0.5, 0.6) is 0 Å². The molecular formula is C17H14ClF3N6O. The van der Waals surface area contributed by atoms with Crippen molar-refractivity contribution in [2.45, 2.75) is 19.6 Å². The van der Waals surface area contributed by atoms with Crippen molar-refractivity contribution in [1.29, 1.82) is 0 Å². The highest BCUT2D eigenvalue weighted by Gasteiger charge is 2.33. The number of halogens is 4. The number of nitrogens with one attached hydrogen (secondary N) is 1. The number of amides is 1. The Labute approximate surface area is 162 Å². The molecule has 7 nitrogen and oxygen atoms in total. The highest BCUT2D eigenvalue weighted by molar-refractivity contribution is 6.31. The van der Waals surface area contributed by atoms with Crippen molar-refractivity contribution in [2.75, 3.05) is 5.73 Å². The summed E-state index contributed by atoms with van der Waals surface area (Å²) in [6.07, 6.45) is -1.32. The summed E-state index contributed by atoms with van der Waals surface area (Å²) >= 11 is 6.07. The van der Waals surface area contributed by atoms with Crippen molar-refractivity contribution in [3.63, 3.8) is 0 Å². The summed E-state index contributed by atoms with van der Waals surface area (Å²) in [5.41, 5.74) is 5.42. The lowest BCUT2D eigenvalue weighted by Gasteiger charge is -2.13. The van der Waals surface area contributed by atoms with Gasteiger partial charge in [-0.3, -0.25) is 4.79 Å². The molecule has 11 heteroatoms. The van der Waals surface area contributed by atoms with E-state index in [2.05, 4.69) is 20.4 Å². The number of carbonyl (C=O) groups is 1. The van der Waals surface area contributed by atoms with E-state index in [1.807, 2.05) is 6.92 Å². The molecule has 1 aromatic carbocycles. The van der Waals surface area contributed by atoms with E-state index < -0.39 is 17.6 Å². The van der Waals surface area contributed by atoms with E-state index in [0.29, 0.717) is 0 Å². The van der Waals surface area contributed by atoms with Crippen LogP contribution in [0.3, 0.4) is 0 Å². The minimum absolute atomic E-state index is 0.0929. The third-order valence-electron chi connectivity index (χ3n) is 3.77. The van der Waals surface area contributed by atoms with Gasteiger partial charge in [-0.15, -0.1) is 0 Å². The number of alkyl halides is 3. The van der Waals surface area contributed by atoms with Gasteiger partial charge in [0.25, 0.3) is 5.91 Å². The van der Waals surface area contributed by atoms with Crippen molar-refractivity contribution in [3.05, 3.63) is 64.2 Å². The molecule has 28 heavy (non-hydrogen) atoms. The van der Waals surface area contributed by atoms with E-state index in [0.717, 1.165) is 11.6 Å². The quantitative estimate of drug-likeness (QED) is 0.688. The molecule has 2 aromatic heterocycles. The second-order valence-electron chi connectivity index (χ2n) is 5.87. The van der Waals surface area contributed by atoms with E-state index in [1.54, 1.807) is 12.4 Å². The highest BCUT2D eigenvalue weighted by atomic mass is 35.5. The molecule has 0 aliphatic carbocycles. The van der Waals surface area contributed by atoms with Crippen molar-refractivity contribution < 1.29 is 18.0 Å². The Bertz CT molecular complexity index is 1030. The van der Waals surface area contributed by atoms with Gasteiger partial charge in [-0.25, -0.2) is 14.6 Å². The average molecular weight is 411 g/mol. The number of rotatable bonds is 4. The lowest BCUT2D eigenvalue weighted by atomic mass is 10.1. The number of carbonyl (C=O) groups excluding carboxylic acids is 1. The molecule has 0 spiro atoms. The van der Waals surface area contributed by atoms with Gasteiger partial charge in [0.2, 0.25) is 0 Å². The number of anilines is 1. The Hall–Kier alpha value is -3.14.